The topological polar surface area (TPSA) is 60.7 Å². The molecule has 0 saturated carbocycles. The van der Waals surface area contributed by atoms with E-state index >= 15 is 0 Å². The monoisotopic (exact) mass is 494 g/mol. The van der Waals surface area contributed by atoms with Gasteiger partial charge in [-0.05, 0) is 54.2 Å². The van der Waals surface area contributed by atoms with Crippen LogP contribution in [0, 0.1) is 0 Å². The Morgan fingerprint density at radius 2 is 1.79 bits per heavy atom. The van der Waals surface area contributed by atoms with Gasteiger partial charge >= 0.3 is 5.97 Å². The van der Waals surface area contributed by atoms with Crippen LogP contribution < -0.4 is 14.9 Å². The first-order valence-electron chi connectivity index (χ1n) is 11.2. The van der Waals surface area contributed by atoms with Crippen molar-refractivity contribution in [3.63, 3.8) is 0 Å². The van der Waals surface area contributed by atoms with Crippen LogP contribution in [0.4, 0.5) is 0 Å². The number of benzene rings is 2. The molecule has 1 aliphatic heterocycles. The number of ether oxygens (including phenoxy) is 1. The number of fused-ring (bicyclic) bond motifs is 1. The number of aromatic nitrogens is 1. The Morgan fingerprint density at radius 3 is 2.38 bits per heavy atom. The summed E-state index contributed by atoms with van der Waals surface area (Å²) >= 11 is 7.41. The summed E-state index contributed by atoms with van der Waals surface area (Å²) < 4.78 is 7.46. The molecule has 0 fully saturated rings. The molecular weight excluding hydrogens is 468 g/mol. The van der Waals surface area contributed by atoms with E-state index in [4.69, 9.17) is 16.3 Å². The van der Waals surface area contributed by atoms with Gasteiger partial charge in [0.25, 0.3) is 5.56 Å². The van der Waals surface area contributed by atoms with E-state index in [0.717, 1.165) is 11.1 Å². The SMILES string of the molecule is CCOC(=O)C1=C(C)N=c2s/c(=C\c3ccc(C(C)(C)C)cc3)c(=O)n2[C@H]1c1ccc(Cl)cc1. The first-order valence-corrected chi connectivity index (χ1v) is 12.3. The molecule has 1 aromatic heterocycles. The molecule has 0 amide bonds. The molecule has 5 nitrogen and oxygen atoms in total. The molecule has 0 bridgehead atoms. The molecule has 1 atom stereocenters. The van der Waals surface area contributed by atoms with Crippen molar-refractivity contribution in [2.24, 2.45) is 4.99 Å². The van der Waals surface area contributed by atoms with E-state index < -0.39 is 12.0 Å². The lowest BCUT2D eigenvalue weighted by Crippen LogP contribution is -2.39. The zero-order valence-corrected chi connectivity index (χ0v) is 21.5. The highest BCUT2D eigenvalue weighted by Gasteiger charge is 2.33. The number of hydrogen-bond acceptors (Lipinski definition) is 5. The molecule has 2 aromatic carbocycles. The summed E-state index contributed by atoms with van der Waals surface area (Å²) in [5.41, 5.74) is 3.68. The van der Waals surface area contributed by atoms with Gasteiger partial charge in [0.1, 0.15) is 0 Å². The highest BCUT2D eigenvalue weighted by molar-refractivity contribution is 7.07. The molecule has 0 radical (unpaired) electrons. The third-order valence-electron chi connectivity index (χ3n) is 5.78. The largest absolute Gasteiger partial charge is 0.463 e. The van der Waals surface area contributed by atoms with Crippen molar-refractivity contribution in [3.8, 4) is 0 Å². The van der Waals surface area contributed by atoms with Crippen LogP contribution in [-0.4, -0.2) is 17.1 Å². The first-order chi connectivity index (χ1) is 16.1. The molecule has 34 heavy (non-hydrogen) atoms. The zero-order chi connectivity index (χ0) is 24.6. The van der Waals surface area contributed by atoms with Crippen LogP contribution in [-0.2, 0) is 14.9 Å². The summed E-state index contributed by atoms with van der Waals surface area (Å²) in [6, 6.07) is 14.7. The van der Waals surface area contributed by atoms with Crippen LogP contribution in [0.5, 0.6) is 0 Å². The Labute approximate surface area is 207 Å². The van der Waals surface area contributed by atoms with Gasteiger partial charge in [0.05, 0.1) is 28.5 Å². The van der Waals surface area contributed by atoms with E-state index in [1.165, 1.54) is 16.9 Å². The number of hydrogen-bond donors (Lipinski definition) is 0. The summed E-state index contributed by atoms with van der Waals surface area (Å²) in [5.74, 6) is -0.476. The van der Waals surface area contributed by atoms with Gasteiger partial charge in [-0.2, -0.15) is 0 Å². The third-order valence-corrected chi connectivity index (χ3v) is 7.01. The number of rotatable bonds is 4. The second kappa shape index (κ2) is 9.35. The zero-order valence-electron chi connectivity index (χ0n) is 19.9. The molecular formula is C27H27ClN2O3S. The van der Waals surface area contributed by atoms with Gasteiger partial charge in [-0.1, -0.05) is 80.1 Å². The maximum absolute atomic E-state index is 13.6. The Morgan fingerprint density at radius 1 is 1.15 bits per heavy atom. The molecule has 0 saturated heterocycles. The Kier molecular flexibility index (Phi) is 6.65. The fourth-order valence-corrected chi connectivity index (χ4v) is 5.16. The van der Waals surface area contributed by atoms with Crippen molar-refractivity contribution in [3.05, 3.63) is 101 Å². The summed E-state index contributed by atoms with van der Waals surface area (Å²) in [6.07, 6.45) is 1.87. The third kappa shape index (κ3) is 4.65. The van der Waals surface area contributed by atoms with Gasteiger partial charge in [-0.3, -0.25) is 9.36 Å². The minimum atomic E-state index is -0.641. The van der Waals surface area contributed by atoms with Crippen LogP contribution in [0.1, 0.15) is 57.4 Å². The number of halogens is 1. The molecule has 0 aliphatic carbocycles. The maximum atomic E-state index is 13.6. The van der Waals surface area contributed by atoms with Gasteiger partial charge in [-0.25, -0.2) is 9.79 Å². The second-order valence-corrected chi connectivity index (χ2v) is 10.7. The average Bonchev–Trinajstić information content (AvgIpc) is 3.08. The Bertz CT molecular complexity index is 1440. The van der Waals surface area contributed by atoms with Crippen molar-refractivity contribution in [1.82, 2.24) is 4.57 Å². The molecule has 176 valence electrons. The number of carbonyl (C=O) groups is 1. The number of thiazole rings is 1. The molecule has 0 unspecified atom stereocenters. The smallest absolute Gasteiger partial charge is 0.338 e. The highest BCUT2D eigenvalue weighted by atomic mass is 35.5. The van der Waals surface area contributed by atoms with E-state index in [0.29, 0.717) is 25.6 Å². The van der Waals surface area contributed by atoms with Gasteiger partial charge < -0.3 is 4.74 Å². The van der Waals surface area contributed by atoms with Crippen LogP contribution in [0.15, 0.2) is 69.6 Å². The van der Waals surface area contributed by atoms with Crippen molar-refractivity contribution in [2.75, 3.05) is 6.61 Å². The van der Waals surface area contributed by atoms with Crippen LogP contribution in [0.25, 0.3) is 6.08 Å². The fourth-order valence-electron chi connectivity index (χ4n) is 3.98. The number of carbonyl (C=O) groups excluding carboxylic acids is 1. The quantitative estimate of drug-likeness (QED) is 0.492. The predicted octanol–water partition coefficient (Wildman–Crippen LogP) is 4.75. The van der Waals surface area contributed by atoms with Gasteiger partial charge in [0.15, 0.2) is 4.80 Å². The molecule has 0 spiro atoms. The van der Waals surface area contributed by atoms with Crippen LogP contribution in [0.2, 0.25) is 5.02 Å². The molecule has 7 heteroatoms. The van der Waals surface area contributed by atoms with Gasteiger partial charge in [0, 0.05) is 5.02 Å². The molecule has 1 aliphatic rings. The molecule has 0 N–H and O–H groups in total. The van der Waals surface area contributed by atoms with Crippen molar-refractivity contribution in [2.45, 2.75) is 46.1 Å². The summed E-state index contributed by atoms with van der Waals surface area (Å²) in [5, 5.41) is 0.577. The minimum absolute atomic E-state index is 0.0531. The Hall–Kier alpha value is -2.96. The molecule has 2 heterocycles. The van der Waals surface area contributed by atoms with Crippen molar-refractivity contribution >= 4 is 35.0 Å². The van der Waals surface area contributed by atoms with E-state index in [1.807, 2.05) is 30.3 Å². The standard InChI is InChI=1S/C27H27ClN2O3S/c1-6-33-25(32)22-16(2)29-26-30(23(22)18-9-13-20(28)14-10-18)24(31)21(34-26)15-17-7-11-19(12-8-17)27(3,4)5/h7-15,23H,6H2,1-5H3/b21-15-/t23-/m0/s1. The van der Waals surface area contributed by atoms with E-state index in [1.54, 1.807) is 30.5 Å². The van der Waals surface area contributed by atoms with Crippen LogP contribution in [0.3, 0.4) is 0 Å². The lowest BCUT2D eigenvalue weighted by molar-refractivity contribution is -0.139. The van der Waals surface area contributed by atoms with Gasteiger partial charge in [-0.15, -0.1) is 0 Å². The fraction of sp³-hybridized carbons (Fsp3) is 0.296. The highest BCUT2D eigenvalue weighted by Crippen LogP contribution is 2.31. The second-order valence-electron chi connectivity index (χ2n) is 9.23. The summed E-state index contributed by atoms with van der Waals surface area (Å²) in [6.45, 7) is 10.3. The maximum Gasteiger partial charge on any atom is 0.338 e. The normalized spacial score (nSPS) is 16.3. The van der Waals surface area contributed by atoms with E-state index in [2.05, 4.69) is 37.9 Å². The lowest BCUT2D eigenvalue weighted by atomic mass is 9.87. The number of allylic oxidation sites excluding steroid dienone is 1. The number of esters is 1. The van der Waals surface area contributed by atoms with E-state index in [9.17, 15) is 9.59 Å². The van der Waals surface area contributed by atoms with E-state index in [-0.39, 0.29) is 17.6 Å². The van der Waals surface area contributed by atoms with Crippen molar-refractivity contribution < 1.29 is 9.53 Å². The Balaban J connectivity index is 1.88. The lowest BCUT2D eigenvalue weighted by Gasteiger charge is -2.24. The first kappa shape index (κ1) is 24.2. The predicted molar refractivity (Wildman–Crippen MR) is 137 cm³/mol. The summed E-state index contributed by atoms with van der Waals surface area (Å²) in [4.78, 5) is 31.7. The number of nitrogens with zero attached hydrogens (tertiary/aromatic N) is 2. The van der Waals surface area contributed by atoms with Gasteiger partial charge in [0.2, 0.25) is 0 Å². The molecule has 3 aromatic rings. The van der Waals surface area contributed by atoms with Crippen LogP contribution >= 0.6 is 22.9 Å². The summed E-state index contributed by atoms with van der Waals surface area (Å²) in [7, 11) is 0. The average molecular weight is 495 g/mol. The minimum Gasteiger partial charge on any atom is -0.463 e. The van der Waals surface area contributed by atoms with Crippen molar-refractivity contribution in [1.29, 1.82) is 0 Å². The molecule has 4 rings (SSSR count).